The third-order valence-electron chi connectivity index (χ3n) is 6.67. The van der Waals surface area contributed by atoms with Gasteiger partial charge in [0.25, 0.3) is 7.82 Å². The van der Waals surface area contributed by atoms with Crippen molar-refractivity contribution in [3.8, 4) is 0 Å². The molecule has 9 nitrogen and oxygen atoms in total. The molecule has 0 aromatic heterocycles. The zero-order valence-electron chi connectivity index (χ0n) is 26.6. The molecule has 0 radical (unpaired) electrons. The number of phosphoric acid groups is 1. The monoisotopic (exact) mass is 605 g/mol. The number of ether oxygens (including phenoxy) is 2. The zero-order valence-corrected chi connectivity index (χ0v) is 27.5. The molecule has 1 atom stereocenters. The fourth-order valence-corrected chi connectivity index (χ4v) is 4.79. The maximum Gasteiger partial charge on any atom is 0.333 e. The number of phosphoric ester groups is 1. The summed E-state index contributed by atoms with van der Waals surface area (Å²) in [4.78, 5) is 34.9. The van der Waals surface area contributed by atoms with E-state index >= 15 is 0 Å². The van der Waals surface area contributed by atoms with Crippen molar-refractivity contribution in [2.24, 2.45) is 0 Å². The number of rotatable bonds is 29. The number of quaternary nitrogens is 1. The van der Waals surface area contributed by atoms with Crippen LogP contribution in [0.25, 0.3) is 0 Å². The molecule has 0 rings (SSSR count). The molecular weight excluding hydrogens is 545 g/mol. The zero-order chi connectivity index (χ0) is 30.8. The van der Waals surface area contributed by atoms with Crippen LogP contribution in [0.5, 0.6) is 0 Å². The molecule has 0 aromatic rings. The van der Waals surface area contributed by atoms with Gasteiger partial charge >= 0.3 is 11.9 Å². The Labute approximate surface area is 250 Å². The Morgan fingerprint density at radius 3 is 1.49 bits per heavy atom. The highest BCUT2D eigenvalue weighted by Gasteiger charge is 2.13. The summed E-state index contributed by atoms with van der Waals surface area (Å²) in [6, 6.07) is 0. The van der Waals surface area contributed by atoms with Gasteiger partial charge in [-0.3, -0.25) is 9.36 Å². The van der Waals surface area contributed by atoms with Gasteiger partial charge in [-0.25, -0.2) is 4.79 Å². The van der Waals surface area contributed by atoms with Crippen molar-refractivity contribution in [3.05, 3.63) is 12.2 Å². The van der Waals surface area contributed by atoms with E-state index in [4.69, 9.17) is 18.5 Å². The van der Waals surface area contributed by atoms with Gasteiger partial charge < -0.3 is 27.9 Å². The summed E-state index contributed by atoms with van der Waals surface area (Å²) in [5.41, 5.74) is 0.450. The van der Waals surface area contributed by atoms with Crippen LogP contribution in [0.3, 0.4) is 0 Å². The van der Waals surface area contributed by atoms with Crippen LogP contribution in [0.4, 0.5) is 0 Å². The van der Waals surface area contributed by atoms with Gasteiger partial charge in [-0.1, -0.05) is 90.0 Å². The summed E-state index contributed by atoms with van der Waals surface area (Å²) < 4.78 is 32.6. The number of nitrogens with zero attached hydrogens (tertiary/aromatic N) is 1. The Bertz CT molecular complexity index is 738. The van der Waals surface area contributed by atoms with Gasteiger partial charge in [0.2, 0.25) is 0 Å². The Balaban J connectivity index is 3.36. The average molecular weight is 606 g/mol. The van der Waals surface area contributed by atoms with Crippen LogP contribution in [-0.4, -0.2) is 70.5 Å². The fourth-order valence-electron chi connectivity index (χ4n) is 4.06. The number of carbonyl (C=O) groups excluding carboxylic acids is 2. The van der Waals surface area contributed by atoms with E-state index in [-0.39, 0.29) is 25.2 Å². The standard InChI is InChI=1S/C31H60NO8P/c1-29(2)31(34)38-26-21-17-13-9-6-8-12-16-20-25-37-30(33)23-19-15-11-7-10-14-18-22-27-39-41(35,36)40-28-24-32(3,4)5/h1,6-28H2,2-5H3. The maximum atomic E-state index is 11.9. The van der Waals surface area contributed by atoms with E-state index < -0.39 is 7.82 Å². The van der Waals surface area contributed by atoms with Crippen molar-refractivity contribution < 1.29 is 42.1 Å². The summed E-state index contributed by atoms with van der Waals surface area (Å²) in [5, 5.41) is 0. The number of esters is 2. The molecule has 242 valence electrons. The highest BCUT2D eigenvalue weighted by atomic mass is 31.2. The van der Waals surface area contributed by atoms with Crippen LogP contribution >= 0.6 is 7.82 Å². The van der Waals surface area contributed by atoms with Gasteiger partial charge in [0.05, 0.1) is 41.0 Å². The lowest BCUT2D eigenvalue weighted by atomic mass is 10.1. The molecule has 0 heterocycles. The molecule has 0 saturated carbocycles. The Morgan fingerprint density at radius 2 is 1.02 bits per heavy atom. The first-order valence-electron chi connectivity index (χ1n) is 15.8. The normalized spacial score (nSPS) is 13.1. The van der Waals surface area contributed by atoms with Gasteiger partial charge in [-0.2, -0.15) is 0 Å². The molecule has 0 aromatic carbocycles. The molecule has 0 fully saturated rings. The molecule has 0 N–H and O–H groups in total. The van der Waals surface area contributed by atoms with Gasteiger partial charge in [-0.05, 0) is 32.6 Å². The second-order valence-electron chi connectivity index (χ2n) is 12.0. The average Bonchev–Trinajstić information content (AvgIpc) is 2.88. The number of unbranched alkanes of at least 4 members (excludes halogenated alkanes) is 15. The molecule has 0 bridgehead atoms. The Morgan fingerprint density at radius 1 is 0.634 bits per heavy atom. The summed E-state index contributed by atoms with van der Waals surface area (Å²) in [6.45, 7) is 7.13. The third-order valence-corrected chi connectivity index (χ3v) is 7.67. The third kappa shape index (κ3) is 30.0. The predicted octanol–water partition coefficient (Wildman–Crippen LogP) is 6.88. The van der Waals surface area contributed by atoms with E-state index in [0.717, 1.165) is 70.6 Å². The smallest absolute Gasteiger partial charge is 0.333 e. The summed E-state index contributed by atoms with van der Waals surface area (Å²) >= 11 is 0. The minimum absolute atomic E-state index is 0.0870. The molecule has 41 heavy (non-hydrogen) atoms. The number of likely N-dealkylation sites (N-methyl/N-ethyl adjacent to an activating group) is 1. The quantitative estimate of drug-likeness (QED) is 0.0298. The van der Waals surface area contributed by atoms with Gasteiger partial charge in [0.15, 0.2) is 0 Å². The Hall–Kier alpha value is -1.25. The number of carbonyl (C=O) groups is 2. The molecule has 1 unspecified atom stereocenters. The predicted molar refractivity (Wildman–Crippen MR) is 162 cm³/mol. The summed E-state index contributed by atoms with van der Waals surface area (Å²) in [7, 11) is 1.73. The molecule has 0 aliphatic heterocycles. The second kappa shape index (κ2) is 25.3. The van der Waals surface area contributed by atoms with Crippen LogP contribution in [0.1, 0.15) is 122 Å². The van der Waals surface area contributed by atoms with Gasteiger partial charge in [-0.15, -0.1) is 0 Å². The largest absolute Gasteiger partial charge is 0.756 e. The van der Waals surface area contributed by atoms with Crippen LogP contribution in [0, 0.1) is 0 Å². The van der Waals surface area contributed by atoms with E-state index in [1.54, 1.807) is 6.92 Å². The topological polar surface area (TPSA) is 111 Å². The lowest BCUT2D eigenvalue weighted by molar-refractivity contribution is -0.870. The molecule has 10 heteroatoms. The van der Waals surface area contributed by atoms with E-state index in [1.165, 1.54) is 32.1 Å². The van der Waals surface area contributed by atoms with E-state index in [0.29, 0.717) is 42.7 Å². The molecule has 0 aliphatic rings. The van der Waals surface area contributed by atoms with Crippen LogP contribution in [0.2, 0.25) is 0 Å². The summed E-state index contributed by atoms with van der Waals surface area (Å²) in [5.74, 6) is -0.388. The minimum Gasteiger partial charge on any atom is -0.756 e. The van der Waals surface area contributed by atoms with Crippen LogP contribution < -0.4 is 4.89 Å². The first kappa shape index (κ1) is 39.8. The van der Waals surface area contributed by atoms with Crippen molar-refractivity contribution >= 4 is 19.8 Å². The van der Waals surface area contributed by atoms with Crippen molar-refractivity contribution in [2.75, 3.05) is 54.1 Å². The molecule has 0 aliphatic carbocycles. The van der Waals surface area contributed by atoms with Crippen molar-refractivity contribution in [1.29, 1.82) is 0 Å². The lowest BCUT2D eigenvalue weighted by Gasteiger charge is -2.27. The van der Waals surface area contributed by atoms with Gasteiger partial charge in [0.1, 0.15) is 13.2 Å². The lowest BCUT2D eigenvalue weighted by Crippen LogP contribution is -2.37. The van der Waals surface area contributed by atoms with Crippen LogP contribution in [-0.2, 0) is 32.7 Å². The number of hydrogen-bond donors (Lipinski definition) is 0. The molecule has 0 saturated heterocycles. The molecule has 0 amide bonds. The van der Waals surface area contributed by atoms with Crippen molar-refractivity contribution in [2.45, 2.75) is 122 Å². The second-order valence-corrected chi connectivity index (χ2v) is 13.4. The highest BCUT2D eigenvalue weighted by Crippen LogP contribution is 2.38. The fraction of sp³-hybridized carbons (Fsp3) is 0.871. The van der Waals surface area contributed by atoms with E-state index in [2.05, 4.69) is 6.58 Å². The molecule has 0 spiro atoms. The van der Waals surface area contributed by atoms with Crippen molar-refractivity contribution in [1.82, 2.24) is 0 Å². The SMILES string of the molecule is C=C(C)C(=O)OCCCCCCCCCCCOC(=O)CCCCCCCCCCOP(=O)([O-])OCC[N+](C)(C)C. The Kier molecular flexibility index (Phi) is 24.5. The van der Waals surface area contributed by atoms with E-state index in [9.17, 15) is 19.0 Å². The van der Waals surface area contributed by atoms with Gasteiger partial charge in [0, 0.05) is 12.0 Å². The summed E-state index contributed by atoms with van der Waals surface area (Å²) in [6.07, 6.45) is 18.4. The van der Waals surface area contributed by atoms with Crippen molar-refractivity contribution in [3.63, 3.8) is 0 Å². The molecular formula is C31H60NO8P. The maximum absolute atomic E-state index is 11.9. The minimum atomic E-state index is -4.19. The van der Waals surface area contributed by atoms with Crippen LogP contribution in [0.15, 0.2) is 12.2 Å². The van der Waals surface area contributed by atoms with E-state index in [1.807, 2.05) is 21.1 Å². The first-order valence-corrected chi connectivity index (χ1v) is 17.3. The number of hydrogen-bond acceptors (Lipinski definition) is 8. The first-order chi connectivity index (χ1) is 19.4. The highest BCUT2D eigenvalue weighted by molar-refractivity contribution is 7.45.